The minimum absolute atomic E-state index is 0.00115. The lowest BCUT2D eigenvalue weighted by molar-refractivity contribution is 0.277. The molecule has 1 N–H and O–H groups in total. The quantitative estimate of drug-likeness (QED) is 0.0597. The molecular formula is C55H65BrCl3FN12O9S2. The maximum Gasteiger partial charge on any atom is 0.332 e. The maximum atomic E-state index is 13.1. The molecule has 0 bridgehead atoms. The summed E-state index contributed by atoms with van der Waals surface area (Å²) >= 11 is 22.8. The van der Waals surface area contributed by atoms with Gasteiger partial charge in [0.05, 0.1) is 33.9 Å². The fourth-order valence-electron chi connectivity index (χ4n) is 8.86. The number of thioether (sulfide) groups is 1. The standard InChI is InChI=1S/C19H23ClN4O2S.C18H21ClN4O5S.C17H18BrClN4O2.CH3F/c1-4-6-11-23-17(25)15-16(22(3)19(23)26)21-18(27-5-2)24(15)12-13-7-9-14(20)10-8-13;1-3-29(27,28)17-20-15-14(23(17)11-12-5-7-13(19)8-6-12)16(25)22(9-4-10-24)18(26)21(15)2;1-3-4-9-22-15(24)13-14(21(2)17(22)25)20-16(18)23(13)10-11-5-7-12(19)8-6-11;1-2/h7-10H,4-6,11-12H2,1-3H3;5-8,24H,3-4,9-11H2,1-2H3;5-8H,3-4,9-10H2,1-2H3;1H3/i;;;1D. The second-order valence-electron chi connectivity index (χ2n) is 18.8. The number of halogens is 5. The third kappa shape index (κ3) is 14.6. The van der Waals surface area contributed by atoms with Crippen molar-refractivity contribution in [3.63, 3.8) is 0 Å². The number of sulfone groups is 1. The molecule has 9 rings (SSSR count). The Labute approximate surface area is 505 Å². The number of aliphatic hydroxyl groups excluding tert-OH is 1. The first-order valence-corrected chi connectivity index (χ1v) is 30.9. The predicted octanol–water partition coefficient (Wildman–Crippen LogP) is 8.03. The van der Waals surface area contributed by atoms with Gasteiger partial charge in [0.2, 0.25) is 15.0 Å². The number of imidazole rings is 3. The minimum Gasteiger partial charge on any atom is -0.396 e. The molecule has 0 unspecified atom stereocenters. The van der Waals surface area contributed by atoms with Gasteiger partial charge >= 0.3 is 17.1 Å². The number of unbranched alkanes of at least 4 members (excludes halogenated alkanes) is 2. The van der Waals surface area contributed by atoms with Gasteiger partial charge in [0.25, 0.3) is 16.7 Å². The molecule has 0 amide bonds. The lowest BCUT2D eigenvalue weighted by Gasteiger charge is -2.11. The molecule has 0 spiro atoms. The number of alkyl halides is 1. The molecule has 0 saturated carbocycles. The Morgan fingerprint density at radius 1 is 0.554 bits per heavy atom. The zero-order valence-corrected chi connectivity index (χ0v) is 52.3. The van der Waals surface area contributed by atoms with Crippen molar-refractivity contribution >= 4 is 106 Å². The molecule has 446 valence electrons. The number of fused-ring (bicyclic) bond motifs is 3. The van der Waals surface area contributed by atoms with Crippen molar-refractivity contribution in [1.29, 1.82) is 0 Å². The first-order valence-electron chi connectivity index (χ1n) is 27.0. The molecule has 0 aliphatic heterocycles. The lowest BCUT2D eigenvalue weighted by Crippen LogP contribution is -2.40. The Bertz CT molecular complexity index is 4270. The first-order chi connectivity index (χ1) is 40.0. The van der Waals surface area contributed by atoms with Crippen molar-refractivity contribution in [2.75, 3.05) is 25.3 Å². The number of hydrogen-bond donors (Lipinski definition) is 1. The largest absolute Gasteiger partial charge is 0.396 e. The molecule has 0 radical (unpaired) electrons. The highest BCUT2D eigenvalue weighted by Crippen LogP contribution is 2.25. The first kappa shape index (κ1) is 64.2. The second kappa shape index (κ2) is 29.4. The molecule has 0 aliphatic carbocycles. The van der Waals surface area contributed by atoms with E-state index in [2.05, 4.69) is 30.9 Å². The fourth-order valence-corrected chi connectivity index (χ4v) is 11.4. The van der Waals surface area contributed by atoms with Crippen molar-refractivity contribution in [1.82, 2.24) is 56.1 Å². The average Bonchev–Trinajstić information content (AvgIpc) is 2.23. The Balaban J connectivity index is 0.000000198. The summed E-state index contributed by atoms with van der Waals surface area (Å²) in [5.41, 5.74) is 1.95. The summed E-state index contributed by atoms with van der Waals surface area (Å²) in [6, 6.07) is 21.7. The van der Waals surface area contributed by atoms with Crippen LogP contribution >= 0.6 is 62.5 Å². The van der Waals surface area contributed by atoms with E-state index < -0.39 is 28.2 Å². The summed E-state index contributed by atoms with van der Waals surface area (Å²) in [5, 5.41) is 11.4. The van der Waals surface area contributed by atoms with Crippen molar-refractivity contribution in [3.05, 3.63) is 172 Å². The molecule has 0 fully saturated rings. The highest BCUT2D eigenvalue weighted by molar-refractivity contribution is 9.10. The van der Waals surface area contributed by atoms with Crippen molar-refractivity contribution in [3.8, 4) is 0 Å². The monoisotopic (exact) mass is 1310 g/mol. The highest BCUT2D eigenvalue weighted by Gasteiger charge is 2.28. The molecule has 6 aromatic heterocycles. The van der Waals surface area contributed by atoms with Crippen LogP contribution in [0.2, 0.25) is 15.1 Å². The molecule has 9 aromatic rings. The summed E-state index contributed by atoms with van der Waals surface area (Å²) in [6.07, 6.45) is 3.58. The number of aromatic nitrogens is 12. The van der Waals surface area contributed by atoms with Gasteiger partial charge in [-0.05, 0) is 94.0 Å². The van der Waals surface area contributed by atoms with E-state index in [0.717, 1.165) is 62.4 Å². The highest BCUT2D eigenvalue weighted by atomic mass is 79.9. The van der Waals surface area contributed by atoms with Gasteiger partial charge in [-0.2, -0.15) is 4.98 Å². The predicted molar refractivity (Wildman–Crippen MR) is 330 cm³/mol. The molecular weight excluding hydrogens is 1240 g/mol. The minimum atomic E-state index is -3.77. The van der Waals surface area contributed by atoms with Gasteiger partial charge in [0.15, 0.2) is 43.4 Å². The lowest BCUT2D eigenvalue weighted by atomic mass is 10.2. The molecule has 83 heavy (non-hydrogen) atoms. The topological polar surface area (TPSA) is 240 Å². The van der Waals surface area contributed by atoms with Crippen LogP contribution in [-0.2, 0) is 70.2 Å². The number of nitrogens with zero attached hydrogens (tertiary/aromatic N) is 12. The summed E-state index contributed by atoms with van der Waals surface area (Å²) in [4.78, 5) is 90.0. The van der Waals surface area contributed by atoms with Crippen LogP contribution in [0.5, 0.6) is 0 Å². The van der Waals surface area contributed by atoms with E-state index in [1.807, 2.05) is 61.7 Å². The molecule has 0 saturated heterocycles. The Morgan fingerprint density at radius 2 is 0.904 bits per heavy atom. The average molecular weight is 1310 g/mol. The van der Waals surface area contributed by atoms with E-state index >= 15 is 0 Å². The van der Waals surface area contributed by atoms with Gasteiger partial charge in [-0.15, -0.1) is 0 Å². The summed E-state index contributed by atoms with van der Waals surface area (Å²) in [5.74, 6) is 0.617. The van der Waals surface area contributed by atoms with Crippen LogP contribution in [0.3, 0.4) is 0 Å². The number of aliphatic hydroxyl groups is 1. The van der Waals surface area contributed by atoms with Gasteiger partial charge in [-0.3, -0.25) is 46.2 Å². The number of hydrogen-bond acceptors (Lipinski definition) is 13. The molecule has 21 nitrogen and oxygen atoms in total. The van der Waals surface area contributed by atoms with Crippen LogP contribution in [0, 0.1) is 0 Å². The molecule has 3 aromatic carbocycles. The van der Waals surface area contributed by atoms with Crippen LogP contribution in [0.4, 0.5) is 4.39 Å². The van der Waals surface area contributed by atoms with Gasteiger partial charge in [0, 0.05) is 62.5 Å². The maximum absolute atomic E-state index is 13.1. The SMILES string of the molecule is CCCCn1c(=O)c2c(nc(Br)n2Cc2ccc(Cl)cc2)n(C)c1=O.CCCCn1c(=O)c2c(nc(SCC)n2Cc2ccc(Cl)cc2)n(C)c1=O.CCS(=O)(=O)c1nc2c(c(=O)n(CCCO)c(=O)n2C)n1Cc1ccc(Cl)cc1.[2H]CF. The van der Waals surface area contributed by atoms with Crippen LogP contribution in [0.15, 0.2) is 117 Å². The zero-order chi connectivity index (χ0) is 61.7. The van der Waals surface area contributed by atoms with E-state index in [9.17, 15) is 41.6 Å². The van der Waals surface area contributed by atoms with Crippen molar-refractivity contribution in [2.24, 2.45) is 21.1 Å². The third-order valence-corrected chi connectivity index (χ3v) is 17.1. The number of aryl methyl sites for hydroxylation is 3. The number of benzene rings is 3. The Kier molecular flexibility index (Phi) is 22.8. The summed E-state index contributed by atoms with van der Waals surface area (Å²) < 4.78 is 54.0. The number of rotatable bonds is 19. The normalized spacial score (nSPS) is 11.6. The summed E-state index contributed by atoms with van der Waals surface area (Å²) in [6.45, 7) is 9.25. The molecule has 28 heteroatoms. The fraction of sp³-hybridized carbons (Fsp3) is 0.400. The molecule has 0 aliphatic rings. The van der Waals surface area contributed by atoms with E-state index in [-0.39, 0.29) is 70.7 Å². The van der Waals surface area contributed by atoms with Gasteiger partial charge in [-0.25, -0.2) is 32.8 Å². The van der Waals surface area contributed by atoms with E-state index in [1.165, 1.54) is 36.8 Å². The van der Waals surface area contributed by atoms with Crippen LogP contribution in [0.25, 0.3) is 33.5 Å². The van der Waals surface area contributed by atoms with E-state index in [0.29, 0.717) is 68.3 Å². The smallest absolute Gasteiger partial charge is 0.332 e. The van der Waals surface area contributed by atoms with Crippen molar-refractivity contribution in [2.45, 2.75) is 109 Å². The zero-order valence-electron chi connectivity index (χ0n) is 47.8. The van der Waals surface area contributed by atoms with E-state index in [4.69, 9.17) is 41.3 Å². The Morgan fingerprint density at radius 3 is 1.29 bits per heavy atom. The van der Waals surface area contributed by atoms with Crippen LogP contribution < -0.4 is 33.7 Å². The van der Waals surface area contributed by atoms with Gasteiger partial charge in [-0.1, -0.05) is 123 Å². The van der Waals surface area contributed by atoms with Crippen LogP contribution in [0.1, 0.15) is 77.9 Å². The molecule has 6 heterocycles. The second-order valence-corrected chi connectivity index (χ2v) is 24.3. The van der Waals surface area contributed by atoms with Gasteiger partial charge in [0.1, 0.15) is 0 Å². The van der Waals surface area contributed by atoms with Crippen molar-refractivity contribution < 1.29 is 19.3 Å². The summed E-state index contributed by atoms with van der Waals surface area (Å²) in [7, 11) is -0.0301. The van der Waals surface area contributed by atoms with Crippen LogP contribution in [-0.4, -0.2) is 94.8 Å². The van der Waals surface area contributed by atoms with Gasteiger partial charge < -0.3 is 18.8 Å². The molecule has 0 atom stereocenters. The van der Waals surface area contributed by atoms with E-state index in [1.54, 1.807) is 66.8 Å². The Hall–Kier alpha value is -6.35. The third-order valence-electron chi connectivity index (χ3n) is 13.3.